The molecule has 2 unspecified atom stereocenters. The molecule has 1 aliphatic rings. The normalized spacial score (nSPS) is 22.7. The van der Waals surface area contributed by atoms with Gasteiger partial charge < -0.3 is 20.5 Å². The van der Waals surface area contributed by atoms with Crippen LogP contribution in [0, 0.1) is 6.92 Å². The van der Waals surface area contributed by atoms with Gasteiger partial charge in [0.25, 0.3) is 0 Å². The molecule has 3 N–H and O–H groups in total. The molecule has 104 valence electrons. The monoisotopic (exact) mass is 264 g/mol. The summed E-state index contributed by atoms with van der Waals surface area (Å²) in [5, 5.41) is 9.33. The SMILES string of the molecule is CCOC1CC(C(=O)O)N(c2ccc(N)c(C)c2)C1. The summed E-state index contributed by atoms with van der Waals surface area (Å²) in [6, 6.07) is 5.09. The highest BCUT2D eigenvalue weighted by Crippen LogP contribution is 2.29. The maximum absolute atomic E-state index is 11.4. The van der Waals surface area contributed by atoms with Crippen molar-refractivity contribution in [3.8, 4) is 0 Å². The van der Waals surface area contributed by atoms with E-state index in [0.717, 1.165) is 16.9 Å². The van der Waals surface area contributed by atoms with E-state index in [9.17, 15) is 9.90 Å². The topological polar surface area (TPSA) is 75.8 Å². The van der Waals surface area contributed by atoms with E-state index in [-0.39, 0.29) is 6.10 Å². The molecule has 2 atom stereocenters. The molecule has 2 rings (SSSR count). The van der Waals surface area contributed by atoms with Gasteiger partial charge in [-0.25, -0.2) is 4.79 Å². The van der Waals surface area contributed by atoms with E-state index >= 15 is 0 Å². The van der Waals surface area contributed by atoms with Crippen LogP contribution < -0.4 is 10.6 Å². The average molecular weight is 264 g/mol. The second-order valence-electron chi connectivity index (χ2n) is 4.86. The summed E-state index contributed by atoms with van der Waals surface area (Å²) in [7, 11) is 0. The van der Waals surface area contributed by atoms with Crippen LogP contribution in [0.2, 0.25) is 0 Å². The van der Waals surface area contributed by atoms with E-state index in [1.54, 1.807) is 0 Å². The molecule has 1 fully saturated rings. The van der Waals surface area contributed by atoms with Gasteiger partial charge in [-0.1, -0.05) is 0 Å². The highest BCUT2D eigenvalue weighted by atomic mass is 16.5. The third-order valence-electron chi connectivity index (χ3n) is 3.54. The Morgan fingerprint density at radius 3 is 2.89 bits per heavy atom. The highest BCUT2D eigenvalue weighted by molar-refractivity contribution is 5.79. The number of nitrogens with zero attached hydrogens (tertiary/aromatic N) is 1. The number of rotatable bonds is 4. The molecule has 5 nitrogen and oxygen atoms in total. The quantitative estimate of drug-likeness (QED) is 0.809. The number of hydrogen-bond donors (Lipinski definition) is 2. The van der Waals surface area contributed by atoms with Crippen LogP contribution in [0.25, 0.3) is 0 Å². The van der Waals surface area contributed by atoms with E-state index in [2.05, 4.69) is 0 Å². The lowest BCUT2D eigenvalue weighted by molar-refractivity contribution is -0.138. The second-order valence-corrected chi connectivity index (χ2v) is 4.86. The minimum absolute atomic E-state index is 0.0241. The number of hydrogen-bond acceptors (Lipinski definition) is 4. The molecule has 5 heteroatoms. The Morgan fingerprint density at radius 1 is 1.58 bits per heavy atom. The predicted molar refractivity (Wildman–Crippen MR) is 74.4 cm³/mol. The highest BCUT2D eigenvalue weighted by Gasteiger charge is 2.37. The molecule has 1 aromatic carbocycles. The maximum Gasteiger partial charge on any atom is 0.326 e. The molecular formula is C14H20N2O3. The maximum atomic E-state index is 11.4. The van der Waals surface area contributed by atoms with Gasteiger partial charge in [0, 0.05) is 30.9 Å². The van der Waals surface area contributed by atoms with Crippen molar-refractivity contribution in [1.29, 1.82) is 0 Å². The van der Waals surface area contributed by atoms with Crippen molar-refractivity contribution in [3.05, 3.63) is 23.8 Å². The Labute approximate surface area is 113 Å². The van der Waals surface area contributed by atoms with Crippen molar-refractivity contribution in [3.63, 3.8) is 0 Å². The zero-order chi connectivity index (χ0) is 14.0. The van der Waals surface area contributed by atoms with E-state index in [1.165, 1.54) is 0 Å². The summed E-state index contributed by atoms with van der Waals surface area (Å²) in [5.74, 6) is -0.809. The summed E-state index contributed by atoms with van der Waals surface area (Å²) >= 11 is 0. The fourth-order valence-corrected chi connectivity index (χ4v) is 2.51. The Kier molecular flexibility index (Phi) is 3.95. The van der Waals surface area contributed by atoms with Gasteiger partial charge in [-0.15, -0.1) is 0 Å². The third-order valence-corrected chi connectivity index (χ3v) is 3.54. The molecular weight excluding hydrogens is 244 g/mol. The van der Waals surface area contributed by atoms with Crippen LogP contribution in [0.3, 0.4) is 0 Å². The number of nitrogens with two attached hydrogens (primary N) is 1. The molecule has 0 bridgehead atoms. The van der Waals surface area contributed by atoms with E-state index < -0.39 is 12.0 Å². The summed E-state index contributed by atoms with van der Waals surface area (Å²) < 4.78 is 5.56. The summed E-state index contributed by atoms with van der Waals surface area (Å²) in [6.45, 7) is 5.05. The van der Waals surface area contributed by atoms with Gasteiger partial charge in [-0.3, -0.25) is 0 Å². The van der Waals surface area contributed by atoms with Crippen LogP contribution in [0.5, 0.6) is 0 Å². The molecule has 0 saturated carbocycles. The number of aliphatic carboxylic acids is 1. The Bertz CT molecular complexity index is 476. The number of carboxylic acid groups (broad SMARTS) is 1. The average Bonchev–Trinajstić information content (AvgIpc) is 2.77. The largest absolute Gasteiger partial charge is 0.480 e. The minimum atomic E-state index is -0.809. The van der Waals surface area contributed by atoms with Crippen LogP contribution in [-0.4, -0.2) is 36.4 Å². The molecule has 0 aromatic heterocycles. The zero-order valence-corrected chi connectivity index (χ0v) is 11.3. The first-order valence-electron chi connectivity index (χ1n) is 6.50. The molecule has 19 heavy (non-hydrogen) atoms. The van der Waals surface area contributed by atoms with Gasteiger partial charge in [0.15, 0.2) is 0 Å². The number of carboxylic acids is 1. The third kappa shape index (κ3) is 2.81. The van der Waals surface area contributed by atoms with Gasteiger partial charge in [0.2, 0.25) is 0 Å². The van der Waals surface area contributed by atoms with E-state index in [0.29, 0.717) is 19.6 Å². The van der Waals surface area contributed by atoms with Gasteiger partial charge in [0.05, 0.1) is 6.10 Å². The summed E-state index contributed by atoms with van der Waals surface area (Å²) in [4.78, 5) is 13.2. The number of nitrogen functional groups attached to an aromatic ring is 1. The Morgan fingerprint density at radius 2 is 2.32 bits per heavy atom. The van der Waals surface area contributed by atoms with Gasteiger partial charge in [-0.2, -0.15) is 0 Å². The Balaban J connectivity index is 2.25. The number of carbonyl (C=O) groups is 1. The molecule has 0 aliphatic carbocycles. The Hall–Kier alpha value is -1.75. The summed E-state index contributed by atoms with van der Waals surface area (Å²) in [6.07, 6.45) is 0.496. The number of ether oxygens (including phenoxy) is 1. The molecule has 1 saturated heterocycles. The van der Waals surface area contributed by atoms with Crippen LogP contribution in [0.1, 0.15) is 18.9 Å². The van der Waals surface area contributed by atoms with Crippen LogP contribution in [-0.2, 0) is 9.53 Å². The van der Waals surface area contributed by atoms with Crippen LogP contribution >= 0.6 is 0 Å². The van der Waals surface area contributed by atoms with Gasteiger partial charge in [0.1, 0.15) is 6.04 Å². The molecule has 0 radical (unpaired) electrons. The lowest BCUT2D eigenvalue weighted by atomic mass is 10.1. The molecule has 1 aliphatic heterocycles. The minimum Gasteiger partial charge on any atom is -0.480 e. The van der Waals surface area contributed by atoms with E-state index in [4.69, 9.17) is 10.5 Å². The van der Waals surface area contributed by atoms with Gasteiger partial charge in [-0.05, 0) is 37.6 Å². The number of anilines is 2. The lowest BCUT2D eigenvalue weighted by Gasteiger charge is -2.24. The van der Waals surface area contributed by atoms with E-state index in [1.807, 2.05) is 36.9 Å². The van der Waals surface area contributed by atoms with Crippen molar-refractivity contribution in [2.45, 2.75) is 32.4 Å². The fraction of sp³-hybridized carbons (Fsp3) is 0.500. The van der Waals surface area contributed by atoms with Crippen LogP contribution in [0.15, 0.2) is 18.2 Å². The van der Waals surface area contributed by atoms with Crippen LogP contribution in [0.4, 0.5) is 11.4 Å². The first-order valence-corrected chi connectivity index (χ1v) is 6.50. The standard InChI is InChI=1S/C14H20N2O3/c1-3-19-11-7-13(14(17)18)16(8-11)10-4-5-12(15)9(2)6-10/h4-6,11,13H,3,7-8,15H2,1-2H3,(H,17,18). The number of benzene rings is 1. The van der Waals surface area contributed by atoms with Crippen molar-refractivity contribution in [1.82, 2.24) is 0 Å². The van der Waals surface area contributed by atoms with Crippen molar-refractivity contribution >= 4 is 17.3 Å². The molecule has 1 heterocycles. The number of aryl methyl sites for hydroxylation is 1. The molecule has 1 aromatic rings. The predicted octanol–water partition coefficient (Wildman–Crippen LogP) is 1.65. The first-order chi connectivity index (χ1) is 9.02. The molecule has 0 amide bonds. The fourth-order valence-electron chi connectivity index (χ4n) is 2.51. The van der Waals surface area contributed by atoms with Crippen molar-refractivity contribution < 1.29 is 14.6 Å². The lowest BCUT2D eigenvalue weighted by Crippen LogP contribution is -2.36. The second kappa shape index (κ2) is 5.48. The van der Waals surface area contributed by atoms with Crippen molar-refractivity contribution in [2.75, 3.05) is 23.8 Å². The smallest absolute Gasteiger partial charge is 0.326 e. The summed E-state index contributed by atoms with van der Waals surface area (Å²) in [5.41, 5.74) is 8.37. The van der Waals surface area contributed by atoms with Gasteiger partial charge >= 0.3 is 5.97 Å². The zero-order valence-electron chi connectivity index (χ0n) is 11.3. The first kappa shape index (κ1) is 13.7. The van der Waals surface area contributed by atoms with Crippen molar-refractivity contribution in [2.24, 2.45) is 0 Å². The molecule has 0 spiro atoms.